The second-order valence-corrected chi connectivity index (χ2v) is 6.94. The molecule has 0 aliphatic rings. The first-order valence-corrected chi connectivity index (χ1v) is 8.73. The van der Waals surface area contributed by atoms with Gasteiger partial charge in [-0.25, -0.2) is 8.42 Å². The summed E-state index contributed by atoms with van der Waals surface area (Å²) in [6.07, 6.45) is 2.68. The SMILES string of the molecule is CCCNc1ccc(S(=O)(=O)N(C)C(CC)CC)cc1. The van der Waals surface area contributed by atoms with Crippen LogP contribution in [-0.2, 0) is 10.0 Å². The molecule has 0 saturated carbocycles. The van der Waals surface area contributed by atoms with Gasteiger partial charge in [-0.05, 0) is 43.5 Å². The van der Waals surface area contributed by atoms with Crippen molar-refractivity contribution in [2.24, 2.45) is 0 Å². The van der Waals surface area contributed by atoms with E-state index in [2.05, 4.69) is 12.2 Å². The molecule has 0 amide bonds. The van der Waals surface area contributed by atoms with Gasteiger partial charge < -0.3 is 5.32 Å². The molecule has 0 saturated heterocycles. The van der Waals surface area contributed by atoms with Gasteiger partial charge in [0.2, 0.25) is 10.0 Å². The molecule has 0 aromatic heterocycles. The maximum Gasteiger partial charge on any atom is 0.243 e. The van der Waals surface area contributed by atoms with E-state index >= 15 is 0 Å². The Balaban J connectivity index is 2.92. The van der Waals surface area contributed by atoms with Gasteiger partial charge in [0.1, 0.15) is 0 Å². The van der Waals surface area contributed by atoms with Crippen molar-refractivity contribution in [1.29, 1.82) is 0 Å². The molecule has 0 atom stereocenters. The summed E-state index contributed by atoms with van der Waals surface area (Å²) < 4.78 is 26.5. The molecule has 0 heterocycles. The molecule has 0 spiro atoms. The number of rotatable bonds is 8. The highest BCUT2D eigenvalue weighted by molar-refractivity contribution is 7.89. The number of nitrogens with one attached hydrogen (secondary N) is 1. The lowest BCUT2D eigenvalue weighted by molar-refractivity contribution is 0.349. The monoisotopic (exact) mass is 298 g/mol. The van der Waals surface area contributed by atoms with E-state index in [1.807, 2.05) is 26.0 Å². The highest BCUT2D eigenvalue weighted by atomic mass is 32.2. The molecule has 1 aromatic rings. The summed E-state index contributed by atoms with van der Waals surface area (Å²) in [5, 5.41) is 3.24. The second kappa shape index (κ2) is 7.64. The normalized spacial score (nSPS) is 12.1. The minimum atomic E-state index is -3.39. The van der Waals surface area contributed by atoms with Crippen molar-refractivity contribution < 1.29 is 8.42 Å². The first-order valence-electron chi connectivity index (χ1n) is 7.29. The van der Waals surface area contributed by atoms with Crippen molar-refractivity contribution in [3.8, 4) is 0 Å². The van der Waals surface area contributed by atoms with Crippen LogP contribution in [0.15, 0.2) is 29.2 Å². The van der Waals surface area contributed by atoms with Crippen LogP contribution in [0.3, 0.4) is 0 Å². The Kier molecular flexibility index (Phi) is 6.49. The summed E-state index contributed by atoms with van der Waals surface area (Å²) in [5.41, 5.74) is 0.955. The molecule has 0 aliphatic heterocycles. The van der Waals surface area contributed by atoms with Gasteiger partial charge in [-0.15, -0.1) is 0 Å². The maximum absolute atomic E-state index is 12.5. The highest BCUT2D eigenvalue weighted by Crippen LogP contribution is 2.21. The Bertz CT molecular complexity index is 493. The van der Waals surface area contributed by atoms with E-state index in [4.69, 9.17) is 0 Å². The molecule has 20 heavy (non-hydrogen) atoms. The van der Waals surface area contributed by atoms with Gasteiger partial charge in [-0.2, -0.15) is 4.31 Å². The van der Waals surface area contributed by atoms with Crippen LogP contribution in [0.1, 0.15) is 40.0 Å². The van der Waals surface area contributed by atoms with Crippen LogP contribution < -0.4 is 5.32 Å². The molecule has 5 heteroatoms. The Morgan fingerprint density at radius 3 is 2.10 bits per heavy atom. The Hall–Kier alpha value is -1.07. The first kappa shape index (κ1) is 17.0. The molecule has 0 radical (unpaired) electrons. The summed E-state index contributed by atoms with van der Waals surface area (Å²) in [7, 11) is -1.73. The number of nitrogens with zero attached hydrogens (tertiary/aromatic N) is 1. The predicted molar refractivity (Wildman–Crippen MR) is 84.5 cm³/mol. The standard InChI is InChI=1S/C15H26N2O2S/c1-5-12-16-13-8-10-15(11-9-13)20(18,19)17(4)14(6-2)7-3/h8-11,14,16H,5-7,12H2,1-4H3. The molecule has 0 unspecified atom stereocenters. The fourth-order valence-electron chi connectivity index (χ4n) is 2.18. The first-order chi connectivity index (χ1) is 9.47. The lowest BCUT2D eigenvalue weighted by Gasteiger charge is -2.25. The smallest absolute Gasteiger partial charge is 0.243 e. The molecular weight excluding hydrogens is 272 g/mol. The number of hydrogen-bond acceptors (Lipinski definition) is 3. The van der Waals surface area contributed by atoms with Crippen LogP contribution in [0.25, 0.3) is 0 Å². The van der Waals surface area contributed by atoms with Crippen LogP contribution in [0.4, 0.5) is 5.69 Å². The highest BCUT2D eigenvalue weighted by Gasteiger charge is 2.25. The van der Waals surface area contributed by atoms with Crippen molar-refractivity contribution >= 4 is 15.7 Å². The van der Waals surface area contributed by atoms with Crippen molar-refractivity contribution in [3.05, 3.63) is 24.3 Å². The van der Waals surface area contributed by atoms with E-state index in [0.717, 1.165) is 31.5 Å². The number of hydrogen-bond donors (Lipinski definition) is 1. The predicted octanol–water partition coefficient (Wildman–Crippen LogP) is 3.32. The van der Waals surface area contributed by atoms with Crippen LogP contribution in [0.5, 0.6) is 0 Å². The van der Waals surface area contributed by atoms with Gasteiger partial charge in [-0.1, -0.05) is 20.8 Å². The van der Waals surface area contributed by atoms with Gasteiger partial charge in [0.15, 0.2) is 0 Å². The molecule has 4 nitrogen and oxygen atoms in total. The van der Waals surface area contributed by atoms with Crippen molar-refractivity contribution in [3.63, 3.8) is 0 Å². The van der Waals surface area contributed by atoms with Crippen LogP contribution in [-0.4, -0.2) is 32.4 Å². The quantitative estimate of drug-likeness (QED) is 0.801. The summed E-state index contributed by atoms with van der Waals surface area (Å²) in [5.74, 6) is 0. The lowest BCUT2D eigenvalue weighted by atomic mass is 10.2. The Morgan fingerprint density at radius 2 is 1.65 bits per heavy atom. The van der Waals surface area contributed by atoms with Gasteiger partial charge >= 0.3 is 0 Å². The minimum absolute atomic E-state index is 0.0536. The summed E-state index contributed by atoms with van der Waals surface area (Å²) in [6.45, 7) is 7.01. The zero-order chi connectivity index (χ0) is 15.2. The Labute approximate surface area is 123 Å². The van der Waals surface area contributed by atoms with Gasteiger partial charge in [0.25, 0.3) is 0 Å². The number of benzene rings is 1. The zero-order valence-electron chi connectivity index (χ0n) is 12.9. The molecule has 0 aliphatic carbocycles. The van der Waals surface area contributed by atoms with E-state index in [-0.39, 0.29) is 6.04 Å². The van der Waals surface area contributed by atoms with E-state index in [1.165, 1.54) is 4.31 Å². The summed E-state index contributed by atoms with van der Waals surface area (Å²) in [4.78, 5) is 0.356. The van der Waals surface area contributed by atoms with Gasteiger partial charge in [0, 0.05) is 25.3 Å². The van der Waals surface area contributed by atoms with E-state index in [1.54, 1.807) is 19.2 Å². The third-order valence-electron chi connectivity index (χ3n) is 3.57. The average Bonchev–Trinajstić information content (AvgIpc) is 2.46. The molecule has 0 bridgehead atoms. The lowest BCUT2D eigenvalue weighted by Crippen LogP contribution is -2.36. The molecular formula is C15H26N2O2S. The largest absolute Gasteiger partial charge is 0.385 e. The summed E-state index contributed by atoms with van der Waals surface area (Å²) in [6, 6.07) is 7.04. The molecule has 0 fully saturated rings. The third kappa shape index (κ3) is 3.96. The maximum atomic E-state index is 12.5. The van der Waals surface area contributed by atoms with Crippen molar-refractivity contribution in [1.82, 2.24) is 4.31 Å². The number of anilines is 1. The van der Waals surface area contributed by atoms with Crippen molar-refractivity contribution in [2.75, 3.05) is 18.9 Å². The van der Waals surface area contributed by atoms with Gasteiger partial charge in [0.05, 0.1) is 4.90 Å². The second-order valence-electron chi connectivity index (χ2n) is 4.94. The number of sulfonamides is 1. The molecule has 114 valence electrons. The Morgan fingerprint density at radius 1 is 1.10 bits per heavy atom. The molecule has 1 N–H and O–H groups in total. The summed E-state index contributed by atoms with van der Waals surface area (Å²) >= 11 is 0. The topological polar surface area (TPSA) is 49.4 Å². The zero-order valence-corrected chi connectivity index (χ0v) is 13.7. The van der Waals surface area contributed by atoms with Gasteiger partial charge in [-0.3, -0.25) is 0 Å². The average molecular weight is 298 g/mol. The molecule has 1 rings (SSSR count). The van der Waals surface area contributed by atoms with E-state index < -0.39 is 10.0 Å². The van der Waals surface area contributed by atoms with Crippen LogP contribution >= 0.6 is 0 Å². The van der Waals surface area contributed by atoms with Crippen molar-refractivity contribution in [2.45, 2.75) is 51.0 Å². The van der Waals surface area contributed by atoms with E-state index in [9.17, 15) is 8.42 Å². The van der Waals surface area contributed by atoms with Crippen LogP contribution in [0, 0.1) is 0 Å². The molecule has 1 aromatic carbocycles. The third-order valence-corrected chi connectivity index (χ3v) is 5.49. The van der Waals surface area contributed by atoms with Crippen LogP contribution in [0.2, 0.25) is 0 Å². The minimum Gasteiger partial charge on any atom is -0.385 e. The fraction of sp³-hybridized carbons (Fsp3) is 0.600. The van der Waals surface area contributed by atoms with E-state index in [0.29, 0.717) is 4.90 Å². The fourth-order valence-corrected chi connectivity index (χ4v) is 3.68.